The molecule has 0 aliphatic rings. The monoisotopic (exact) mass is 432 g/mol. The van der Waals surface area contributed by atoms with Crippen molar-refractivity contribution in [3.8, 4) is 22.6 Å². The average molecular weight is 433 g/mol. The maximum absolute atomic E-state index is 12.0. The molecule has 0 fully saturated rings. The average Bonchev–Trinajstić information content (AvgIpc) is 2.80. The van der Waals surface area contributed by atoms with Gasteiger partial charge >= 0.3 is 0 Å². The third kappa shape index (κ3) is 6.60. The fourth-order valence-electron chi connectivity index (χ4n) is 3.12. The second-order valence-corrected chi connectivity index (χ2v) is 7.76. The first-order valence-corrected chi connectivity index (χ1v) is 10.5. The summed E-state index contributed by atoms with van der Waals surface area (Å²) >= 11 is 0. The van der Waals surface area contributed by atoms with E-state index in [-0.39, 0.29) is 19.1 Å². The molecule has 0 saturated carbocycles. The van der Waals surface area contributed by atoms with E-state index in [4.69, 9.17) is 9.47 Å². The number of nitrogens with one attached hydrogen (secondary N) is 2. The summed E-state index contributed by atoms with van der Waals surface area (Å²) in [6.07, 6.45) is 0. The summed E-state index contributed by atoms with van der Waals surface area (Å²) in [6, 6.07) is 23.4. The van der Waals surface area contributed by atoms with Crippen molar-refractivity contribution in [1.29, 1.82) is 0 Å². The minimum absolute atomic E-state index is 0.203. The highest BCUT2D eigenvalue weighted by molar-refractivity contribution is 5.83. The second kappa shape index (κ2) is 11.0. The standard InChI is InChI=1S/C26H28N2O4/c1-18(2)23-14-9-19(3)15-24(23)32-17-26(30)28-27-25(29)16-31-22-12-10-21(11-13-22)20-7-5-4-6-8-20/h4-15,18H,16-17H2,1-3H3,(H,27,29)(H,28,30). The molecule has 32 heavy (non-hydrogen) atoms. The molecule has 0 aromatic heterocycles. The Kier molecular flexibility index (Phi) is 7.86. The Morgan fingerprint density at radius 1 is 0.781 bits per heavy atom. The molecule has 6 heteroatoms. The maximum Gasteiger partial charge on any atom is 0.276 e. The fraction of sp³-hybridized carbons (Fsp3) is 0.231. The van der Waals surface area contributed by atoms with Gasteiger partial charge in [0.1, 0.15) is 11.5 Å². The van der Waals surface area contributed by atoms with E-state index in [0.29, 0.717) is 11.5 Å². The van der Waals surface area contributed by atoms with Gasteiger partial charge in [0.15, 0.2) is 13.2 Å². The number of rotatable bonds is 8. The molecule has 3 aromatic rings. The zero-order chi connectivity index (χ0) is 22.9. The van der Waals surface area contributed by atoms with Crippen molar-refractivity contribution in [2.24, 2.45) is 0 Å². The molecule has 0 spiro atoms. The zero-order valence-corrected chi connectivity index (χ0v) is 18.6. The molecule has 0 saturated heterocycles. The van der Waals surface area contributed by atoms with Crippen LogP contribution in [0.3, 0.4) is 0 Å². The lowest BCUT2D eigenvalue weighted by Gasteiger charge is -2.15. The number of hydrogen-bond donors (Lipinski definition) is 2. The summed E-state index contributed by atoms with van der Waals surface area (Å²) in [7, 11) is 0. The lowest BCUT2D eigenvalue weighted by Crippen LogP contribution is -2.45. The Labute approximate surface area is 188 Å². The zero-order valence-electron chi connectivity index (χ0n) is 18.6. The van der Waals surface area contributed by atoms with Crippen LogP contribution in [0.2, 0.25) is 0 Å². The minimum Gasteiger partial charge on any atom is -0.484 e. The van der Waals surface area contributed by atoms with Crippen molar-refractivity contribution < 1.29 is 19.1 Å². The molecular weight excluding hydrogens is 404 g/mol. The molecule has 3 rings (SSSR count). The van der Waals surface area contributed by atoms with Gasteiger partial charge < -0.3 is 9.47 Å². The van der Waals surface area contributed by atoms with Gasteiger partial charge in [-0.05, 0) is 53.3 Å². The van der Waals surface area contributed by atoms with Gasteiger partial charge in [-0.15, -0.1) is 0 Å². The number of carbonyl (C=O) groups excluding carboxylic acids is 2. The quantitative estimate of drug-likeness (QED) is 0.518. The van der Waals surface area contributed by atoms with Gasteiger partial charge in [-0.1, -0.05) is 68.4 Å². The Hall–Kier alpha value is -3.80. The molecular formula is C26H28N2O4. The smallest absolute Gasteiger partial charge is 0.276 e. The lowest BCUT2D eigenvalue weighted by atomic mass is 10.0. The first-order chi connectivity index (χ1) is 15.4. The molecule has 0 unspecified atom stereocenters. The van der Waals surface area contributed by atoms with Crippen LogP contribution in [-0.2, 0) is 9.59 Å². The summed E-state index contributed by atoms with van der Waals surface area (Å²) in [5.74, 6) is 0.580. The number of amides is 2. The van der Waals surface area contributed by atoms with E-state index >= 15 is 0 Å². The number of aryl methyl sites for hydroxylation is 1. The summed E-state index contributed by atoms with van der Waals surface area (Å²) < 4.78 is 11.1. The number of carbonyl (C=O) groups is 2. The van der Waals surface area contributed by atoms with Crippen molar-refractivity contribution in [3.05, 3.63) is 83.9 Å². The van der Waals surface area contributed by atoms with Crippen LogP contribution >= 0.6 is 0 Å². The van der Waals surface area contributed by atoms with Gasteiger partial charge in [-0.25, -0.2) is 0 Å². The Bertz CT molecular complexity index is 1050. The molecule has 2 N–H and O–H groups in total. The van der Waals surface area contributed by atoms with Crippen LogP contribution in [0.15, 0.2) is 72.8 Å². The van der Waals surface area contributed by atoms with Gasteiger partial charge in [-0.3, -0.25) is 20.4 Å². The minimum atomic E-state index is -0.469. The molecule has 6 nitrogen and oxygen atoms in total. The van der Waals surface area contributed by atoms with Crippen LogP contribution in [0.25, 0.3) is 11.1 Å². The van der Waals surface area contributed by atoms with Gasteiger partial charge in [0.05, 0.1) is 0 Å². The summed E-state index contributed by atoms with van der Waals surface area (Å²) in [4.78, 5) is 24.0. The van der Waals surface area contributed by atoms with E-state index in [1.54, 1.807) is 12.1 Å². The Morgan fingerprint density at radius 2 is 1.38 bits per heavy atom. The molecule has 0 aliphatic carbocycles. The second-order valence-electron chi connectivity index (χ2n) is 7.76. The van der Waals surface area contributed by atoms with Crippen molar-refractivity contribution in [2.75, 3.05) is 13.2 Å². The van der Waals surface area contributed by atoms with E-state index in [1.807, 2.05) is 67.6 Å². The van der Waals surface area contributed by atoms with E-state index in [1.165, 1.54) is 0 Å². The fourth-order valence-corrected chi connectivity index (χ4v) is 3.12. The van der Waals surface area contributed by atoms with Crippen LogP contribution < -0.4 is 20.3 Å². The van der Waals surface area contributed by atoms with Gasteiger partial charge in [-0.2, -0.15) is 0 Å². The maximum atomic E-state index is 12.0. The Balaban J connectivity index is 1.41. The molecule has 2 amide bonds. The Morgan fingerprint density at radius 3 is 2.00 bits per heavy atom. The van der Waals surface area contributed by atoms with Crippen molar-refractivity contribution >= 4 is 11.8 Å². The van der Waals surface area contributed by atoms with Crippen LogP contribution in [0, 0.1) is 6.92 Å². The molecule has 3 aromatic carbocycles. The van der Waals surface area contributed by atoms with Crippen LogP contribution in [-0.4, -0.2) is 25.0 Å². The van der Waals surface area contributed by atoms with Crippen molar-refractivity contribution in [2.45, 2.75) is 26.7 Å². The molecule has 0 aliphatic heterocycles. The van der Waals surface area contributed by atoms with E-state index in [2.05, 4.69) is 24.7 Å². The summed E-state index contributed by atoms with van der Waals surface area (Å²) in [5.41, 5.74) is 8.91. The lowest BCUT2D eigenvalue weighted by molar-refractivity contribution is -0.131. The highest BCUT2D eigenvalue weighted by Gasteiger charge is 2.11. The predicted octanol–water partition coefficient (Wildman–Crippen LogP) is 4.39. The highest BCUT2D eigenvalue weighted by atomic mass is 16.5. The predicted molar refractivity (Wildman–Crippen MR) is 124 cm³/mol. The van der Waals surface area contributed by atoms with Gasteiger partial charge in [0, 0.05) is 0 Å². The number of hydrogen-bond acceptors (Lipinski definition) is 4. The highest BCUT2D eigenvalue weighted by Crippen LogP contribution is 2.27. The number of ether oxygens (including phenoxy) is 2. The first-order valence-electron chi connectivity index (χ1n) is 10.5. The van der Waals surface area contributed by atoms with Crippen molar-refractivity contribution in [3.63, 3.8) is 0 Å². The largest absolute Gasteiger partial charge is 0.484 e. The van der Waals surface area contributed by atoms with Crippen molar-refractivity contribution in [1.82, 2.24) is 10.9 Å². The van der Waals surface area contributed by atoms with E-state index in [0.717, 1.165) is 22.3 Å². The topological polar surface area (TPSA) is 76.7 Å². The third-order valence-electron chi connectivity index (χ3n) is 4.82. The van der Waals surface area contributed by atoms with E-state index < -0.39 is 11.8 Å². The van der Waals surface area contributed by atoms with E-state index in [9.17, 15) is 9.59 Å². The number of hydrazine groups is 1. The normalized spacial score (nSPS) is 10.5. The molecule has 0 radical (unpaired) electrons. The van der Waals surface area contributed by atoms with Gasteiger partial charge in [0.2, 0.25) is 0 Å². The molecule has 166 valence electrons. The third-order valence-corrected chi connectivity index (χ3v) is 4.82. The van der Waals surface area contributed by atoms with Gasteiger partial charge in [0.25, 0.3) is 11.8 Å². The SMILES string of the molecule is Cc1ccc(C(C)C)c(OCC(=O)NNC(=O)COc2ccc(-c3ccccc3)cc2)c1. The van der Waals surface area contributed by atoms with Crippen LogP contribution in [0.5, 0.6) is 11.5 Å². The summed E-state index contributed by atoms with van der Waals surface area (Å²) in [6.45, 7) is 5.67. The molecule has 0 bridgehead atoms. The van der Waals surface area contributed by atoms with Crippen LogP contribution in [0.1, 0.15) is 30.9 Å². The number of benzene rings is 3. The molecule has 0 atom stereocenters. The first kappa shape index (κ1) is 22.9. The van der Waals surface area contributed by atoms with Crippen LogP contribution in [0.4, 0.5) is 0 Å². The molecule has 0 heterocycles. The summed E-state index contributed by atoms with van der Waals surface area (Å²) in [5, 5.41) is 0.